The Morgan fingerprint density at radius 1 is 1.45 bits per heavy atom. The molecule has 20 heavy (non-hydrogen) atoms. The number of aliphatic hydroxyl groups excluding tert-OH is 1. The van der Waals surface area contributed by atoms with Crippen molar-refractivity contribution in [3.05, 3.63) is 11.6 Å². The Morgan fingerprint density at radius 2 is 2.15 bits per heavy atom. The fourth-order valence-corrected chi connectivity index (χ4v) is 3.96. The molecule has 2 heterocycles. The summed E-state index contributed by atoms with van der Waals surface area (Å²) in [4.78, 5) is 0. The molecular weight excluding hydrogens is 256 g/mol. The Bertz CT molecular complexity index is 411. The van der Waals surface area contributed by atoms with Crippen molar-refractivity contribution in [3.8, 4) is 0 Å². The highest BCUT2D eigenvalue weighted by atomic mass is 16.6. The maximum absolute atomic E-state index is 10.2. The summed E-state index contributed by atoms with van der Waals surface area (Å²) in [5, 5.41) is 10.2. The molecule has 3 rings (SSSR count). The van der Waals surface area contributed by atoms with E-state index in [-0.39, 0.29) is 29.3 Å². The van der Waals surface area contributed by atoms with Crippen LogP contribution >= 0.6 is 0 Å². The van der Waals surface area contributed by atoms with E-state index in [1.54, 1.807) is 7.11 Å². The maximum atomic E-state index is 10.2. The monoisotopic (exact) mass is 282 g/mol. The van der Waals surface area contributed by atoms with Gasteiger partial charge in [0, 0.05) is 7.11 Å². The van der Waals surface area contributed by atoms with Crippen LogP contribution in [-0.2, 0) is 14.2 Å². The Kier molecular flexibility index (Phi) is 3.49. The lowest BCUT2D eigenvalue weighted by Crippen LogP contribution is -2.54. The van der Waals surface area contributed by atoms with Crippen LogP contribution < -0.4 is 0 Å². The molecule has 1 N–H and O–H groups in total. The van der Waals surface area contributed by atoms with Crippen LogP contribution in [0, 0.1) is 5.92 Å². The van der Waals surface area contributed by atoms with Gasteiger partial charge in [0.25, 0.3) is 0 Å². The first-order valence-corrected chi connectivity index (χ1v) is 7.59. The number of epoxide rings is 2. The first-order valence-electron chi connectivity index (χ1n) is 7.59. The highest BCUT2D eigenvalue weighted by molar-refractivity contribution is 5.20. The molecule has 2 saturated heterocycles. The van der Waals surface area contributed by atoms with E-state index in [0.717, 1.165) is 25.9 Å². The van der Waals surface area contributed by atoms with Gasteiger partial charge in [-0.05, 0) is 40.0 Å². The van der Waals surface area contributed by atoms with Crippen molar-refractivity contribution in [2.45, 2.75) is 69.5 Å². The number of ether oxygens (including phenoxy) is 3. The molecule has 0 aromatic rings. The number of aliphatic hydroxyl groups is 1. The smallest absolute Gasteiger partial charge is 0.101 e. The largest absolute Gasteiger partial charge is 0.390 e. The first-order chi connectivity index (χ1) is 9.43. The molecule has 114 valence electrons. The average Bonchev–Trinajstić information content (AvgIpc) is 3.29. The van der Waals surface area contributed by atoms with Gasteiger partial charge in [0.2, 0.25) is 0 Å². The summed E-state index contributed by atoms with van der Waals surface area (Å²) in [6.45, 7) is 7.13. The molecule has 0 unspecified atom stereocenters. The fourth-order valence-electron chi connectivity index (χ4n) is 3.96. The predicted octanol–water partition coefficient (Wildman–Crippen LogP) is 2.06. The van der Waals surface area contributed by atoms with Crippen LogP contribution in [0.4, 0.5) is 0 Å². The standard InChI is InChI=1S/C16H26O4/c1-10(2)5-6-12-15(3,20-12)14-13(18-4)11(17)7-8-16(14)9-19-16/h5,11-14,17H,6-9H2,1-4H3/t11-,12+,13-,14-,15+,16+/m1/s1. The Hall–Kier alpha value is -0.420. The van der Waals surface area contributed by atoms with Crippen LogP contribution in [0.15, 0.2) is 11.6 Å². The van der Waals surface area contributed by atoms with Crippen molar-refractivity contribution < 1.29 is 19.3 Å². The van der Waals surface area contributed by atoms with Crippen molar-refractivity contribution in [2.24, 2.45) is 5.92 Å². The van der Waals surface area contributed by atoms with Gasteiger partial charge in [0.15, 0.2) is 0 Å². The zero-order valence-electron chi connectivity index (χ0n) is 12.9. The number of rotatable bonds is 4. The molecule has 0 amide bonds. The molecule has 0 aromatic heterocycles. The zero-order valence-corrected chi connectivity index (χ0v) is 12.9. The molecule has 0 aromatic carbocycles. The molecule has 6 atom stereocenters. The van der Waals surface area contributed by atoms with Crippen LogP contribution in [-0.4, -0.2) is 48.3 Å². The van der Waals surface area contributed by atoms with Crippen LogP contribution in [0.25, 0.3) is 0 Å². The van der Waals surface area contributed by atoms with Crippen LogP contribution in [0.3, 0.4) is 0 Å². The second-order valence-electron chi connectivity index (χ2n) is 6.94. The third-order valence-electron chi connectivity index (χ3n) is 5.26. The minimum atomic E-state index is -0.412. The lowest BCUT2D eigenvalue weighted by molar-refractivity contribution is -0.116. The molecule has 4 heteroatoms. The first kappa shape index (κ1) is 14.5. The SMILES string of the molecule is CO[C@@H]1[C@H](O)CC[C@]2(CO2)[C@H]1[C@@]1(C)O[C@H]1CC=C(C)C. The minimum absolute atomic E-state index is 0.117. The lowest BCUT2D eigenvalue weighted by atomic mass is 9.68. The summed E-state index contributed by atoms with van der Waals surface area (Å²) in [6.07, 6.45) is 4.43. The summed E-state index contributed by atoms with van der Waals surface area (Å²) in [5.41, 5.74) is 0.964. The molecule has 1 spiro atoms. The van der Waals surface area contributed by atoms with Gasteiger partial charge in [-0.2, -0.15) is 0 Å². The number of hydrogen-bond donors (Lipinski definition) is 1. The third-order valence-corrected chi connectivity index (χ3v) is 5.26. The summed E-state index contributed by atoms with van der Waals surface area (Å²) in [6, 6.07) is 0. The van der Waals surface area contributed by atoms with Gasteiger partial charge in [-0.15, -0.1) is 0 Å². The van der Waals surface area contributed by atoms with Crippen LogP contribution in [0.2, 0.25) is 0 Å². The topological polar surface area (TPSA) is 54.5 Å². The van der Waals surface area contributed by atoms with Crippen molar-refractivity contribution in [1.29, 1.82) is 0 Å². The van der Waals surface area contributed by atoms with E-state index in [9.17, 15) is 5.11 Å². The number of allylic oxidation sites excluding steroid dienone is 1. The molecule has 3 aliphatic rings. The molecule has 3 fully saturated rings. The molecule has 1 aliphatic carbocycles. The van der Waals surface area contributed by atoms with Crippen molar-refractivity contribution >= 4 is 0 Å². The predicted molar refractivity (Wildman–Crippen MR) is 75.5 cm³/mol. The van der Waals surface area contributed by atoms with E-state index >= 15 is 0 Å². The minimum Gasteiger partial charge on any atom is -0.390 e. The normalized spacial score (nSPS) is 50.0. The molecule has 0 radical (unpaired) electrons. The Morgan fingerprint density at radius 3 is 2.70 bits per heavy atom. The van der Waals surface area contributed by atoms with Gasteiger partial charge in [-0.1, -0.05) is 11.6 Å². The van der Waals surface area contributed by atoms with E-state index in [0.29, 0.717) is 0 Å². The van der Waals surface area contributed by atoms with Crippen molar-refractivity contribution in [3.63, 3.8) is 0 Å². The fraction of sp³-hybridized carbons (Fsp3) is 0.875. The van der Waals surface area contributed by atoms with Gasteiger partial charge in [-0.25, -0.2) is 0 Å². The van der Waals surface area contributed by atoms with E-state index < -0.39 is 6.10 Å². The summed E-state index contributed by atoms with van der Waals surface area (Å²) in [7, 11) is 1.68. The van der Waals surface area contributed by atoms with Crippen LogP contribution in [0.1, 0.15) is 40.0 Å². The van der Waals surface area contributed by atoms with Crippen molar-refractivity contribution in [2.75, 3.05) is 13.7 Å². The van der Waals surface area contributed by atoms with Crippen molar-refractivity contribution in [1.82, 2.24) is 0 Å². The molecule has 2 aliphatic heterocycles. The molecule has 1 saturated carbocycles. The van der Waals surface area contributed by atoms with E-state index in [2.05, 4.69) is 26.8 Å². The van der Waals surface area contributed by atoms with Crippen LogP contribution in [0.5, 0.6) is 0 Å². The Labute approximate surface area is 121 Å². The molecule has 4 nitrogen and oxygen atoms in total. The second-order valence-corrected chi connectivity index (χ2v) is 6.94. The average molecular weight is 282 g/mol. The summed E-state index contributed by atoms with van der Waals surface area (Å²) >= 11 is 0. The summed E-state index contributed by atoms with van der Waals surface area (Å²) in [5.74, 6) is 0.124. The highest BCUT2D eigenvalue weighted by Gasteiger charge is 2.71. The Balaban J connectivity index is 1.78. The van der Waals surface area contributed by atoms with Gasteiger partial charge in [0.05, 0.1) is 36.4 Å². The van der Waals surface area contributed by atoms with E-state index in [1.807, 2.05) is 0 Å². The lowest BCUT2D eigenvalue weighted by Gasteiger charge is -2.41. The van der Waals surface area contributed by atoms with Gasteiger partial charge >= 0.3 is 0 Å². The highest BCUT2D eigenvalue weighted by Crippen LogP contribution is 2.59. The maximum Gasteiger partial charge on any atom is 0.101 e. The molecular formula is C16H26O4. The van der Waals surface area contributed by atoms with Gasteiger partial charge in [-0.3, -0.25) is 0 Å². The van der Waals surface area contributed by atoms with Gasteiger partial charge in [0.1, 0.15) is 5.60 Å². The van der Waals surface area contributed by atoms with Gasteiger partial charge < -0.3 is 19.3 Å². The zero-order chi connectivity index (χ0) is 14.5. The number of hydrogen-bond acceptors (Lipinski definition) is 4. The third kappa shape index (κ3) is 2.23. The number of methoxy groups -OCH3 is 1. The van der Waals surface area contributed by atoms with E-state index in [4.69, 9.17) is 14.2 Å². The summed E-state index contributed by atoms with van der Waals surface area (Å²) < 4.78 is 17.4. The van der Waals surface area contributed by atoms with E-state index in [1.165, 1.54) is 5.57 Å². The second kappa shape index (κ2) is 4.80. The quantitative estimate of drug-likeness (QED) is 0.633. The molecule has 0 bridgehead atoms.